The lowest BCUT2D eigenvalue weighted by Gasteiger charge is -2.13. The van der Waals surface area contributed by atoms with E-state index < -0.39 is 11.8 Å². The Morgan fingerprint density at radius 3 is 2.71 bits per heavy atom. The van der Waals surface area contributed by atoms with E-state index >= 15 is 0 Å². The van der Waals surface area contributed by atoms with Crippen molar-refractivity contribution in [2.75, 3.05) is 5.32 Å². The number of nitrogens with one attached hydrogen (secondary N) is 2. The van der Waals surface area contributed by atoms with Gasteiger partial charge in [0.05, 0.1) is 23.1 Å². The Bertz CT molecular complexity index is 897. The molecule has 3 aromatic rings. The monoisotopic (exact) mass is 351 g/mol. The number of fused-ring (bicyclic) bond motifs is 1. The zero-order valence-corrected chi connectivity index (χ0v) is 13.4. The van der Waals surface area contributed by atoms with E-state index in [2.05, 4.69) is 27.0 Å². The van der Waals surface area contributed by atoms with Crippen LogP contribution in [0.4, 0.5) is 15.8 Å². The maximum Gasteiger partial charge on any atom is 0.338 e. The third-order valence-electron chi connectivity index (χ3n) is 3.33. The number of nitrogens with two attached hydrogens (primary N) is 2. The van der Waals surface area contributed by atoms with Gasteiger partial charge in [0, 0.05) is 10.7 Å². The second-order valence-electron chi connectivity index (χ2n) is 4.80. The van der Waals surface area contributed by atoms with Crippen molar-refractivity contribution in [3.05, 3.63) is 52.6 Å². The minimum atomic E-state index is -1.23. The van der Waals surface area contributed by atoms with Crippen molar-refractivity contribution in [1.82, 2.24) is 9.97 Å². The summed E-state index contributed by atoms with van der Waals surface area (Å²) in [5, 5.41) is 12.7. The largest absolute Gasteiger partial charge is 0.478 e. The van der Waals surface area contributed by atoms with Crippen molar-refractivity contribution in [3.8, 4) is 0 Å². The average Bonchev–Trinajstić information content (AvgIpc) is 3.02. The molecule has 7 nitrogen and oxygen atoms in total. The number of carboxylic acids is 1. The fourth-order valence-electron chi connectivity index (χ4n) is 2.24. The van der Waals surface area contributed by atoms with Crippen LogP contribution in [0.1, 0.15) is 15.9 Å². The molecule has 0 aliphatic heterocycles. The van der Waals surface area contributed by atoms with E-state index in [-0.39, 0.29) is 16.8 Å². The molecule has 0 unspecified atom stereocenters. The van der Waals surface area contributed by atoms with E-state index in [4.69, 9.17) is 11.6 Å². The number of anilines is 2. The van der Waals surface area contributed by atoms with Crippen LogP contribution in [-0.2, 0) is 0 Å². The summed E-state index contributed by atoms with van der Waals surface area (Å²) in [6.45, 7) is 1.79. The summed E-state index contributed by atoms with van der Waals surface area (Å²) >= 11 is 5.89. The second kappa shape index (κ2) is 7.26. The number of rotatable bonds is 3. The molecule has 0 amide bonds. The number of nitrogens with zero attached hydrogens (tertiary/aromatic N) is 1. The number of imidazole rings is 1. The third-order valence-corrected chi connectivity index (χ3v) is 3.57. The third kappa shape index (κ3) is 3.30. The van der Waals surface area contributed by atoms with Gasteiger partial charge in [0.2, 0.25) is 0 Å². The lowest BCUT2D eigenvalue weighted by molar-refractivity contribution is 0.0697. The molecule has 0 saturated heterocycles. The molecule has 0 atom stereocenters. The highest BCUT2D eigenvalue weighted by Crippen LogP contribution is 2.31. The summed E-state index contributed by atoms with van der Waals surface area (Å²) in [6.07, 6.45) is 1.32. The zero-order chi connectivity index (χ0) is 17.9. The Morgan fingerprint density at radius 1 is 1.38 bits per heavy atom. The minimum Gasteiger partial charge on any atom is -0.478 e. The van der Waals surface area contributed by atoms with Gasteiger partial charge in [-0.05, 0) is 36.8 Å². The number of H-pyrrole nitrogens is 1. The van der Waals surface area contributed by atoms with E-state index in [0.29, 0.717) is 16.2 Å². The highest BCUT2D eigenvalue weighted by atomic mass is 35.5. The topological polar surface area (TPSA) is 130 Å². The smallest absolute Gasteiger partial charge is 0.338 e. The summed E-state index contributed by atoms with van der Waals surface area (Å²) in [4.78, 5) is 18.0. The van der Waals surface area contributed by atoms with Gasteiger partial charge in [0.15, 0.2) is 5.82 Å². The molecular weight excluding hydrogens is 337 g/mol. The van der Waals surface area contributed by atoms with Gasteiger partial charge in [-0.25, -0.2) is 14.2 Å². The predicted octanol–water partition coefficient (Wildman–Crippen LogP) is 2.92. The maximum atomic E-state index is 14.6. The van der Waals surface area contributed by atoms with Crippen LogP contribution >= 0.6 is 11.6 Å². The van der Waals surface area contributed by atoms with Crippen LogP contribution < -0.4 is 17.0 Å². The van der Waals surface area contributed by atoms with E-state index in [1.165, 1.54) is 12.4 Å². The van der Waals surface area contributed by atoms with Crippen LogP contribution in [0.5, 0.6) is 0 Å². The van der Waals surface area contributed by atoms with E-state index in [9.17, 15) is 14.3 Å². The zero-order valence-electron chi connectivity index (χ0n) is 12.6. The van der Waals surface area contributed by atoms with Gasteiger partial charge in [-0.3, -0.25) is 11.7 Å². The molecule has 1 heterocycles. The van der Waals surface area contributed by atoms with Gasteiger partial charge in [0.25, 0.3) is 0 Å². The normalized spacial score (nSPS) is 10.2. The van der Waals surface area contributed by atoms with Crippen molar-refractivity contribution in [2.45, 2.75) is 6.92 Å². The minimum absolute atomic E-state index is 0.0825. The van der Waals surface area contributed by atoms with Gasteiger partial charge in [-0.1, -0.05) is 11.6 Å². The average molecular weight is 352 g/mol. The summed E-state index contributed by atoms with van der Waals surface area (Å²) < 4.78 is 14.6. The van der Waals surface area contributed by atoms with Crippen molar-refractivity contribution < 1.29 is 14.3 Å². The predicted molar refractivity (Wildman–Crippen MR) is 90.9 cm³/mol. The highest BCUT2D eigenvalue weighted by molar-refractivity contribution is 6.30. The van der Waals surface area contributed by atoms with Crippen LogP contribution in [-0.4, -0.2) is 21.0 Å². The van der Waals surface area contributed by atoms with Crippen molar-refractivity contribution >= 4 is 40.0 Å². The number of carboxylic acid groups (broad SMARTS) is 1. The molecule has 0 saturated carbocycles. The van der Waals surface area contributed by atoms with Gasteiger partial charge in [-0.2, -0.15) is 0 Å². The molecule has 0 fully saturated rings. The molecule has 0 radical (unpaired) electrons. The lowest BCUT2D eigenvalue weighted by Crippen LogP contribution is -2.06. The molecule has 0 aliphatic carbocycles. The first-order chi connectivity index (χ1) is 11.5. The Kier molecular flexibility index (Phi) is 5.35. The number of halogens is 2. The number of aromatic amines is 1. The number of carbonyl (C=O) groups is 1. The van der Waals surface area contributed by atoms with Gasteiger partial charge in [-0.15, -0.1) is 0 Å². The quantitative estimate of drug-likeness (QED) is 0.364. The number of hydrazine groups is 1. The van der Waals surface area contributed by atoms with Gasteiger partial charge in [0.1, 0.15) is 5.52 Å². The van der Waals surface area contributed by atoms with Gasteiger partial charge >= 0.3 is 5.97 Å². The molecule has 0 spiro atoms. The Labute approximate surface area is 141 Å². The van der Waals surface area contributed by atoms with Gasteiger partial charge < -0.3 is 15.4 Å². The Balaban J connectivity index is 0.00000100. The fourth-order valence-corrected chi connectivity index (χ4v) is 2.46. The molecule has 1 aromatic heterocycles. The SMILES string of the molecule is Cc1cc(Cl)ccc1Nc1c(C(=O)O)cc2[nH]cnc2c1F.NN. The molecule has 2 aromatic carbocycles. The molecular formula is C15H15ClFN5O2. The van der Waals surface area contributed by atoms with Crippen LogP contribution in [0.2, 0.25) is 5.02 Å². The number of hydrogen-bond acceptors (Lipinski definition) is 5. The molecule has 126 valence electrons. The Morgan fingerprint density at radius 2 is 2.08 bits per heavy atom. The number of aromatic carboxylic acids is 1. The van der Waals surface area contributed by atoms with Crippen molar-refractivity contribution in [1.29, 1.82) is 0 Å². The molecule has 24 heavy (non-hydrogen) atoms. The number of hydrogen-bond donors (Lipinski definition) is 5. The molecule has 0 bridgehead atoms. The number of benzene rings is 2. The van der Waals surface area contributed by atoms with Crippen LogP contribution in [0.15, 0.2) is 30.6 Å². The fraction of sp³-hybridized carbons (Fsp3) is 0.0667. The highest BCUT2D eigenvalue weighted by Gasteiger charge is 2.20. The summed E-state index contributed by atoms with van der Waals surface area (Å²) in [6, 6.07) is 6.36. The first kappa shape index (κ1) is 17.7. The first-order valence-corrected chi connectivity index (χ1v) is 7.10. The van der Waals surface area contributed by atoms with Crippen molar-refractivity contribution in [3.63, 3.8) is 0 Å². The van der Waals surface area contributed by atoms with Crippen molar-refractivity contribution in [2.24, 2.45) is 11.7 Å². The van der Waals surface area contributed by atoms with Crippen LogP contribution in [0, 0.1) is 12.7 Å². The molecule has 3 rings (SSSR count). The van der Waals surface area contributed by atoms with Crippen LogP contribution in [0.25, 0.3) is 11.0 Å². The standard InChI is InChI=1S/C15H11ClFN3O2.H4N2/c1-7-4-8(16)2-3-10(7)20-13-9(15(21)22)5-11-14(12(13)17)19-6-18-11;1-2/h2-6,20H,1H3,(H,18,19)(H,21,22);1-2H2. The summed E-state index contributed by atoms with van der Waals surface area (Å²) in [5.74, 6) is 6.05. The number of aromatic nitrogens is 2. The van der Waals surface area contributed by atoms with E-state index in [1.54, 1.807) is 25.1 Å². The summed E-state index contributed by atoms with van der Waals surface area (Å²) in [7, 11) is 0. The lowest BCUT2D eigenvalue weighted by atomic mass is 10.1. The van der Waals surface area contributed by atoms with E-state index in [1.807, 2.05) is 0 Å². The second-order valence-corrected chi connectivity index (χ2v) is 5.24. The Hall–Kier alpha value is -2.68. The first-order valence-electron chi connectivity index (χ1n) is 6.72. The molecule has 0 aliphatic rings. The maximum absolute atomic E-state index is 14.6. The molecule has 9 heteroatoms. The van der Waals surface area contributed by atoms with E-state index in [0.717, 1.165) is 5.56 Å². The summed E-state index contributed by atoms with van der Waals surface area (Å²) in [5.41, 5.74) is 1.44. The van der Waals surface area contributed by atoms with Crippen LogP contribution in [0.3, 0.4) is 0 Å². The molecule has 7 N–H and O–H groups in total. The number of aryl methyl sites for hydroxylation is 1.